The highest BCUT2D eigenvalue weighted by molar-refractivity contribution is 6.31. The van der Waals surface area contributed by atoms with Crippen LogP contribution in [0.4, 0.5) is 0 Å². The van der Waals surface area contributed by atoms with Crippen LogP contribution in [0.3, 0.4) is 0 Å². The first-order valence-electron chi connectivity index (χ1n) is 7.52. The van der Waals surface area contributed by atoms with E-state index in [1.54, 1.807) is 0 Å². The summed E-state index contributed by atoms with van der Waals surface area (Å²) in [5.41, 5.74) is 8.43. The molecule has 0 unspecified atom stereocenters. The maximum atomic E-state index is 6.41. The molecular weight excluding hydrogens is 288 g/mol. The van der Waals surface area contributed by atoms with Crippen molar-refractivity contribution in [2.75, 3.05) is 6.54 Å². The molecule has 0 bridgehead atoms. The molecule has 0 saturated carbocycles. The van der Waals surface area contributed by atoms with Gasteiger partial charge in [0.1, 0.15) is 0 Å². The van der Waals surface area contributed by atoms with Crippen LogP contribution in [0.5, 0.6) is 0 Å². The fraction of sp³-hybridized carbons (Fsp3) is 0.643. The summed E-state index contributed by atoms with van der Waals surface area (Å²) in [6.45, 7) is 6.24. The second-order valence-corrected chi connectivity index (χ2v) is 5.41. The zero-order valence-electron chi connectivity index (χ0n) is 12.7. The molecule has 0 saturated heterocycles. The van der Waals surface area contributed by atoms with Crippen molar-refractivity contribution in [3.05, 3.63) is 28.3 Å². The lowest BCUT2D eigenvalue weighted by atomic mass is 10.2. The van der Waals surface area contributed by atoms with Crippen LogP contribution in [0.2, 0.25) is 5.02 Å². The number of aryl methyl sites for hydroxylation is 3. The number of nitrogens with zero attached hydrogens (tertiary/aromatic N) is 5. The minimum absolute atomic E-state index is 0.601. The highest BCUT2D eigenvalue weighted by Gasteiger charge is 2.15. The summed E-state index contributed by atoms with van der Waals surface area (Å²) in [6.07, 6.45) is 5.79. The van der Waals surface area contributed by atoms with E-state index in [1.807, 2.05) is 15.6 Å². The zero-order chi connectivity index (χ0) is 15.2. The topological polar surface area (TPSA) is 74.5 Å². The Labute approximate surface area is 130 Å². The van der Waals surface area contributed by atoms with Crippen molar-refractivity contribution >= 4 is 11.6 Å². The van der Waals surface area contributed by atoms with Gasteiger partial charge >= 0.3 is 0 Å². The Hall–Kier alpha value is -1.40. The van der Waals surface area contributed by atoms with Crippen LogP contribution in [-0.4, -0.2) is 31.3 Å². The Balaban J connectivity index is 2.09. The Kier molecular flexibility index (Phi) is 5.76. The largest absolute Gasteiger partial charge is 0.330 e. The number of hydrogen-bond donors (Lipinski definition) is 1. The lowest BCUT2D eigenvalue weighted by Gasteiger charge is -2.04. The summed E-state index contributed by atoms with van der Waals surface area (Å²) in [5.74, 6) is 0. The van der Waals surface area contributed by atoms with E-state index in [2.05, 4.69) is 29.3 Å². The van der Waals surface area contributed by atoms with Gasteiger partial charge in [-0.15, -0.1) is 5.10 Å². The number of nitrogens with two attached hydrogens (primary N) is 1. The number of aromatic nitrogens is 5. The van der Waals surface area contributed by atoms with E-state index in [9.17, 15) is 0 Å². The van der Waals surface area contributed by atoms with Crippen molar-refractivity contribution in [1.82, 2.24) is 24.8 Å². The molecule has 2 aromatic heterocycles. The first kappa shape index (κ1) is 16.0. The molecule has 0 atom stereocenters. The molecule has 6 nitrogen and oxygen atoms in total. The molecule has 0 spiro atoms. The molecule has 0 aliphatic heterocycles. The summed E-state index contributed by atoms with van der Waals surface area (Å²) in [7, 11) is 0. The van der Waals surface area contributed by atoms with Gasteiger partial charge in [0.05, 0.1) is 28.6 Å². The molecule has 2 heterocycles. The highest BCUT2D eigenvalue weighted by Crippen LogP contribution is 2.22. The quantitative estimate of drug-likeness (QED) is 0.757. The van der Waals surface area contributed by atoms with Gasteiger partial charge in [0, 0.05) is 12.7 Å². The summed E-state index contributed by atoms with van der Waals surface area (Å²) < 4.78 is 3.77. The van der Waals surface area contributed by atoms with Gasteiger partial charge in [0.15, 0.2) is 0 Å². The fourth-order valence-corrected chi connectivity index (χ4v) is 2.63. The zero-order valence-corrected chi connectivity index (χ0v) is 13.5. The van der Waals surface area contributed by atoms with Gasteiger partial charge < -0.3 is 5.73 Å². The molecule has 0 radical (unpaired) electrons. The van der Waals surface area contributed by atoms with Gasteiger partial charge in [-0.2, -0.15) is 5.10 Å². The molecule has 116 valence electrons. The lowest BCUT2D eigenvalue weighted by molar-refractivity contribution is 0.564. The minimum atomic E-state index is 0.601. The summed E-state index contributed by atoms with van der Waals surface area (Å²) in [4.78, 5) is 0. The second-order valence-electron chi connectivity index (χ2n) is 5.03. The van der Waals surface area contributed by atoms with Gasteiger partial charge in [0.25, 0.3) is 0 Å². The fourth-order valence-electron chi connectivity index (χ4n) is 2.30. The number of halogens is 1. The van der Waals surface area contributed by atoms with Crippen LogP contribution in [0.15, 0.2) is 6.20 Å². The number of rotatable bonds is 8. The monoisotopic (exact) mass is 310 g/mol. The SMILES string of the molecule is CCc1nn(CC)c(Cn2cc(CCCCN)nn2)c1Cl. The standard InChI is InChI=1S/C14H23ClN6/c1-3-12-14(15)13(21(4-2)18-12)10-20-9-11(17-19-20)7-5-6-8-16/h9H,3-8,10,16H2,1-2H3. The normalized spacial score (nSPS) is 11.2. The summed E-state index contributed by atoms with van der Waals surface area (Å²) in [5, 5.41) is 13.6. The van der Waals surface area contributed by atoms with Crippen molar-refractivity contribution in [1.29, 1.82) is 0 Å². The van der Waals surface area contributed by atoms with Gasteiger partial charge in [-0.1, -0.05) is 23.7 Å². The van der Waals surface area contributed by atoms with Crippen molar-refractivity contribution in [2.45, 2.75) is 52.6 Å². The van der Waals surface area contributed by atoms with Crippen LogP contribution in [-0.2, 0) is 25.9 Å². The van der Waals surface area contributed by atoms with Crippen molar-refractivity contribution in [3.8, 4) is 0 Å². The highest BCUT2D eigenvalue weighted by atomic mass is 35.5. The molecule has 21 heavy (non-hydrogen) atoms. The van der Waals surface area contributed by atoms with E-state index in [0.717, 1.165) is 60.9 Å². The number of hydrogen-bond acceptors (Lipinski definition) is 4. The Morgan fingerprint density at radius 2 is 2.10 bits per heavy atom. The van der Waals surface area contributed by atoms with E-state index in [4.69, 9.17) is 17.3 Å². The third-order valence-corrected chi connectivity index (χ3v) is 3.92. The minimum Gasteiger partial charge on any atom is -0.330 e. The first-order chi connectivity index (χ1) is 10.2. The van der Waals surface area contributed by atoms with Crippen LogP contribution in [0.1, 0.15) is 43.8 Å². The molecule has 0 amide bonds. The van der Waals surface area contributed by atoms with Crippen molar-refractivity contribution < 1.29 is 0 Å². The van der Waals surface area contributed by atoms with E-state index in [1.165, 1.54) is 0 Å². The van der Waals surface area contributed by atoms with E-state index >= 15 is 0 Å². The molecule has 7 heteroatoms. The van der Waals surface area contributed by atoms with Crippen LogP contribution >= 0.6 is 11.6 Å². The maximum absolute atomic E-state index is 6.41. The Morgan fingerprint density at radius 1 is 1.29 bits per heavy atom. The van der Waals surface area contributed by atoms with E-state index in [-0.39, 0.29) is 0 Å². The summed E-state index contributed by atoms with van der Waals surface area (Å²) >= 11 is 6.41. The third kappa shape index (κ3) is 3.83. The molecule has 2 aromatic rings. The Morgan fingerprint density at radius 3 is 2.76 bits per heavy atom. The van der Waals surface area contributed by atoms with Gasteiger partial charge in [-0.05, 0) is 39.2 Å². The van der Waals surface area contributed by atoms with Gasteiger partial charge in [0.2, 0.25) is 0 Å². The predicted molar refractivity (Wildman–Crippen MR) is 83.4 cm³/mol. The molecule has 0 aromatic carbocycles. The summed E-state index contributed by atoms with van der Waals surface area (Å²) in [6, 6.07) is 0. The average molecular weight is 311 g/mol. The third-order valence-electron chi connectivity index (χ3n) is 3.48. The van der Waals surface area contributed by atoms with Crippen LogP contribution < -0.4 is 5.73 Å². The van der Waals surface area contributed by atoms with Gasteiger partial charge in [-0.25, -0.2) is 4.68 Å². The van der Waals surface area contributed by atoms with E-state index < -0.39 is 0 Å². The molecule has 0 aliphatic rings. The molecule has 0 aliphatic carbocycles. The van der Waals surface area contributed by atoms with E-state index in [0.29, 0.717) is 6.54 Å². The maximum Gasteiger partial charge on any atom is 0.0869 e. The molecular formula is C14H23ClN6. The second kappa shape index (κ2) is 7.56. The Bertz CT molecular complexity index is 574. The van der Waals surface area contributed by atoms with Crippen LogP contribution in [0.25, 0.3) is 0 Å². The van der Waals surface area contributed by atoms with Crippen molar-refractivity contribution in [2.24, 2.45) is 5.73 Å². The molecule has 2 rings (SSSR count). The van der Waals surface area contributed by atoms with Gasteiger partial charge in [-0.3, -0.25) is 4.68 Å². The first-order valence-corrected chi connectivity index (χ1v) is 7.90. The average Bonchev–Trinajstić information content (AvgIpc) is 3.05. The molecule has 0 fully saturated rings. The number of unbranched alkanes of at least 4 members (excludes halogenated alkanes) is 1. The van der Waals surface area contributed by atoms with Crippen molar-refractivity contribution in [3.63, 3.8) is 0 Å². The molecule has 2 N–H and O–H groups in total. The predicted octanol–water partition coefficient (Wildman–Crippen LogP) is 2.04. The lowest BCUT2D eigenvalue weighted by Crippen LogP contribution is -2.08. The van der Waals surface area contributed by atoms with Crippen LogP contribution in [0, 0.1) is 0 Å². The smallest absolute Gasteiger partial charge is 0.0869 e.